The Kier molecular flexibility index (Phi) is 1.70. The van der Waals surface area contributed by atoms with E-state index in [1.165, 1.54) is 6.07 Å². The van der Waals surface area contributed by atoms with Crippen LogP contribution in [0.5, 0.6) is 0 Å². The Balaban J connectivity index is 2.33. The van der Waals surface area contributed by atoms with Gasteiger partial charge in [-0.05, 0) is 25.0 Å². The first-order valence-electron chi connectivity index (χ1n) is 4.94. The van der Waals surface area contributed by atoms with Gasteiger partial charge < -0.3 is 4.57 Å². The maximum atomic E-state index is 13.5. The van der Waals surface area contributed by atoms with Crippen molar-refractivity contribution in [2.75, 3.05) is 5.43 Å². The van der Waals surface area contributed by atoms with E-state index in [9.17, 15) is 4.39 Å². The number of rotatable bonds is 2. The second-order valence-corrected chi connectivity index (χ2v) is 3.79. The summed E-state index contributed by atoms with van der Waals surface area (Å²) in [6, 6.07) is 5.39. The van der Waals surface area contributed by atoms with Gasteiger partial charge in [0.15, 0.2) is 5.82 Å². The molecule has 1 aliphatic carbocycles. The van der Waals surface area contributed by atoms with Crippen LogP contribution in [0.2, 0.25) is 0 Å². The zero-order valence-electron chi connectivity index (χ0n) is 8.07. The van der Waals surface area contributed by atoms with Crippen LogP contribution < -0.4 is 11.3 Å². The summed E-state index contributed by atoms with van der Waals surface area (Å²) in [5, 5.41) is 0. The highest BCUT2D eigenvalue weighted by Crippen LogP contribution is 2.40. The van der Waals surface area contributed by atoms with Crippen molar-refractivity contribution in [3.63, 3.8) is 0 Å². The lowest BCUT2D eigenvalue weighted by Crippen LogP contribution is -2.12. The van der Waals surface area contributed by atoms with Crippen molar-refractivity contribution in [1.29, 1.82) is 0 Å². The molecule has 78 valence electrons. The van der Waals surface area contributed by atoms with Crippen LogP contribution in [0.1, 0.15) is 18.9 Å². The van der Waals surface area contributed by atoms with Crippen LogP contribution in [0.4, 0.5) is 10.3 Å². The highest BCUT2D eigenvalue weighted by atomic mass is 19.1. The van der Waals surface area contributed by atoms with Gasteiger partial charge in [-0.25, -0.2) is 15.2 Å². The fourth-order valence-electron chi connectivity index (χ4n) is 1.89. The lowest BCUT2D eigenvalue weighted by Gasteiger charge is -2.05. The van der Waals surface area contributed by atoms with E-state index in [0.717, 1.165) is 18.4 Å². The SMILES string of the molecule is NNc1nc2c(F)cccc2n1C1CC1. The van der Waals surface area contributed by atoms with Crippen LogP contribution in [0.15, 0.2) is 18.2 Å². The van der Waals surface area contributed by atoms with E-state index in [4.69, 9.17) is 5.84 Å². The molecule has 1 aliphatic rings. The van der Waals surface area contributed by atoms with E-state index in [1.54, 1.807) is 6.07 Å². The number of fused-ring (bicyclic) bond motifs is 1. The number of para-hydroxylation sites is 1. The third-order valence-electron chi connectivity index (χ3n) is 2.71. The molecule has 4 nitrogen and oxygen atoms in total. The van der Waals surface area contributed by atoms with Gasteiger partial charge in [0.1, 0.15) is 5.52 Å². The number of halogens is 1. The molecule has 3 rings (SSSR count). The molecule has 0 atom stereocenters. The molecule has 0 unspecified atom stereocenters. The number of nitrogens with one attached hydrogen (secondary N) is 1. The molecule has 1 fully saturated rings. The number of nitrogens with two attached hydrogens (primary N) is 1. The normalized spacial score (nSPS) is 15.9. The van der Waals surface area contributed by atoms with E-state index < -0.39 is 0 Å². The molecule has 0 saturated heterocycles. The number of benzene rings is 1. The number of hydrazine groups is 1. The average Bonchev–Trinajstić information content (AvgIpc) is 3.00. The summed E-state index contributed by atoms with van der Waals surface area (Å²) >= 11 is 0. The molecule has 15 heavy (non-hydrogen) atoms. The average molecular weight is 206 g/mol. The number of aromatic nitrogens is 2. The number of hydrogen-bond acceptors (Lipinski definition) is 3. The maximum absolute atomic E-state index is 13.5. The monoisotopic (exact) mass is 206 g/mol. The molecule has 0 spiro atoms. The number of nitrogens with zero attached hydrogens (tertiary/aromatic N) is 2. The molecular weight excluding hydrogens is 195 g/mol. The molecule has 0 bridgehead atoms. The lowest BCUT2D eigenvalue weighted by atomic mass is 10.3. The van der Waals surface area contributed by atoms with Gasteiger partial charge in [-0.3, -0.25) is 5.43 Å². The first-order chi connectivity index (χ1) is 7.31. The maximum Gasteiger partial charge on any atom is 0.218 e. The summed E-state index contributed by atoms with van der Waals surface area (Å²) in [5.41, 5.74) is 3.72. The number of imidazole rings is 1. The minimum Gasteiger partial charge on any atom is -0.306 e. The van der Waals surface area contributed by atoms with Crippen LogP contribution in [-0.4, -0.2) is 9.55 Å². The fourth-order valence-corrected chi connectivity index (χ4v) is 1.89. The van der Waals surface area contributed by atoms with Crippen molar-refractivity contribution in [1.82, 2.24) is 9.55 Å². The molecule has 0 radical (unpaired) electrons. The van der Waals surface area contributed by atoms with Gasteiger partial charge >= 0.3 is 0 Å². The minimum absolute atomic E-state index is 0.302. The van der Waals surface area contributed by atoms with Gasteiger partial charge in [0.05, 0.1) is 5.52 Å². The molecule has 1 heterocycles. The van der Waals surface area contributed by atoms with Gasteiger partial charge in [0.2, 0.25) is 5.95 Å². The van der Waals surface area contributed by atoms with Gasteiger partial charge in [0, 0.05) is 6.04 Å². The highest BCUT2D eigenvalue weighted by molar-refractivity contribution is 5.79. The number of hydrogen-bond donors (Lipinski definition) is 2. The summed E-state index contributed by atoms with van der Waals surface area (Å²) in [6.45, 7) is 0. The topological polar surface area (TPSA) is 55.9 Å². The largest absolute Gasteiger partial charge is 0.306 e. The molecular formula is C10H11FN4. The molecule has 1 aromatic heterocycles. The third-order valence-corrected chi connectivity index (χ3v) is 2.71. The van der Waals surface area contributed by atoms with Gasteiger partial charge in [0.25, 0.3) is 0 Å². The highest BCUT2D eigenvalue weighted by Gasteiger charge is 2.28. The molecule has 0 amide bonds. The van der Waals surface area contributed by atoms with Crippen molar-refractivity contribution in [3.05, 3.63) is 24.0 Å². The van der Waals surface area contributed by atoms with Crippen LogP contribution in [0, 0.1) is 5.82 Å². The van der Waals surface area contributed by atoms with Crippen LogP contribution in [0.3, 0.4) is 0 Å². The van der Waals surface area contributed by atoms with Crippen molar-refractivity contribution in [3.8, 4) is 0 Å². The zero-order chi connectivity index (χ0) is 10.4. The Labute approximate surface area is 85.9 Å². The summed E-state index contributed by atoms with van der Waals surface area (Å²) in [5.74, 6) is 5.61. The second kappa shape index (κ2) is 2.93. The van der Waals surface area contributed by atoms with Gasteiger partial charge in [-0.2, -0.15) is 0 Å². The summed E-state index contributed by atoms with van der Waals surface area (Å²) in [4.78, 5) is 4.14. The zero-order valence-corrected chi connectivity index (χ0v) is 8.07. The minimum atomic E-state index is -0.302. The van der Waals surface area contributed by atoms with Crippen molar-refractivity contribution in [2.24, 2.45) is 5.84 Å². The summed E-state index contributed by atoms with van der Waals surface area (Å²) in [6.07, 6.45) is 2.22. The van der Waals surface area contributed by atoms with Crippen LogP contribution in [-0.2, 0) is 0 Å². The molecule has 1 saturated carbocycles. The predicted molar refractivity (Wildman–Crippen MR) is 55.8 cm³/mol. The first-order valence-corrected chi connectivity index (χ1v) is 4.94. The Morgan fingerprint density at radius 1 is 1.47 bits per heavy atom. The standard InChI is InChI=1S/C10H11FN4/c11-7-2-1-3-8-9(7)13-10(14-12)15(8)6-4-5-6/h1-3,6H,4-5,12H2,(H,13,14). The molecule has 3 N–H and O–H groups in total. The quantitative estimate of drug-likeness (QED) is 0.582. The third kappa shape index (κ3) is 1.20. The van der Waals surface area contributed by atoms with Crippen LogP contribution >= 0.6 is 0 Å². The Morgan fingerprint density at radius 2 is 2.27 bits per heavy atom. The van der Waals surface area contributed by atoms with E-state index >= 15 is 0 Å². The molecule has 5 heteroatoms. The van der Waals surface area contributed by atoms with Gasteiger partial charge in [-0.1, -0.05) is 6.07 Å². The second-order valence-electron chi connectivity index (χ2n) is 3.79. The smallest absolute Gasteiger partial charge is 0.218 e. The summed E-state index contributed by atoms with van der Waals surface area (Å²) < 4.78 is 15.4. The van der Waals surface area contributed by atoms with E-state index in [2.05, 4.69) is 10.4 Å². The number of nitrogen functional groups attached to an aromatic ring is 1. The Hall–Kier alpha value is -1.62. The lowest BCUT2D eigenvalue weighted by molar-refractivity contribution is 0.637. The van der Waals surface area contributed by atoms with Crippen molar-refractivity contribution in [2.45, 2.75) is 18.9 Å². The molecule has 0 aliphatic heterocycles. The Morgan fingerprint density at radius 3 is 2.93 bits per heavy atom. The number of anilines is 1. The van der Waals surface area contributed by atoms with Crippen LogP contribution in [0.25, 0.3) is 11.0 Å². The van der Waals surface area contributed by atoms with Crippen molar-refractivity contribution >= 4 is 17.0 Å². The molecule has 1 aromatic carbocycles. The van der Waals surface area contributed by atoms with E-state index in [1.807, 2.05) is 10.6 Å². The Bertz CT molecular complexity index is 515. The van der Waals surface area contributed by atoms with Crippen molar-refractivity contribution < 1.29 is 4.39 Å². The molecule has 2 aromatic rings. The van der Waals surface area contributed by atoms with E-state index in [-0.39, 0.29) is 5.82 Å². The summed E-state index contributed by atoms with van der Waals surface area (Å²) in [7, 11) is 0. The fraction of sp³-hybridized carbons (Fsp3) is 0.300. The first kappa shape index (κ1) is 8.67. The van der Waals surface area contributed by atoms with E-state index in [0.29, 0.717) is 17.5 Å². The predicted octanol–water partition coefficient (Wildman–Crippen LogP) is 1.80. The van der Waals surface area contributed by atoms with Gasteiger partial charge in [-0.15, -0.1) is 0 Å².